The fourth-order valence-electron chi connectivity index (χ4n) is 2.51. The van der Waals surface area contributed by atoms with Crippen LogP contribution in [0, 0.1) is 0 Å². The molecule has 0 amide bonds. The van der Waals surface area contributed by atoms with Crippen molar-refractivity contribution in [1.82, 2.24) is 0 Å². The Hall–Kier alpha value is -2.44. The predicted molar refractivity (Wildman–Crippen MR) is 102 cm³/mol. The van der Waals surface area contributed by atoms with Gasteiger partial charge in [-0.15, -0.1) is 0 Å². The molecule has 2 aromatic carbocycles. The summed E-state index contributed by atoms with van der Waals surface area (Å²) in [6.45, 7) is -0.144. The summed E-state index contributed by atoms with van der Waals surface area (Å²) < 4.78 is 43.0. The molecule has 7 heteroatoms. The zero-order chi connectivity index (χ0) is 20.0. The molecule has 0 fully saturated rings. The molecule has 3 nitrogen and oxygen atoms in total. The third kappa shape index (κ3) is 5.77. The molecule has 144 valence electrons. The average molecular weight is 398 g/mol. The summed E-state index contributed by atoms with van der Waals surface area (Å²) in [4.78, 5) is 1.70. The van der Waals surface area contributed by atoms with Crippen LogP contribution in [0.3, 0.4) is 0 Å². The number of rotatable bonds is 6. The fraction of sp³-hybridized carbons (Fsp3) is 0.200. The van der Waals surface area contributed by atoms with Crippen molar-refractivity contribution in [3.8, 4) is 5.75 Å². The average Bonchev–Trinajstić information content (AvgIpc) is 2.64. The summed E-state index contributed by atoms with van der Waals surface area (Å²) in [6.07, 6.45) is -1.99. The lowest BCUT2D eigenvalue weighted by Gasteiger charge is -2.25. The molecule has 0 radical (unpaired) electrons. The second kappa shape index (κ2) is 8.97. The van der Waals surface area contributed by atoms with Crippen molar-refractivity contribution in [3.63, 3.8) is 0 Å². The SMILES string of the molecule is COc1ccc(Cl)cc1/C(=C/C=C/C(F)(F)F)N(C)c1cccc(CO)c1. The summed E-state index contributed by atoms with van der Waals surface area (Å²) in [5.41, 5.74) is 2.36. The predicted octanol–water partition coefficient (Wildman–Crippen LogP) is 5.44. The van der Waals surface area contributed by atoms with Gasteiger partial charge in [-0.05, 0) is 42.0 Å². The molecule has 0 aromatic heterocycles. The van der Waals surface area contributed by atoms with Gasteiger partial charge in [0.2, 0.25) is 0 Å². The lowest BCUT2D eigenvalue weighted by Crippen LogP contribution is -2.16. The zero-order valence-corrected chi connectivity index (χ0v) is 15.6. The van der Waals surface area contributed by atoms with Crippen molar-refractivity contribution in [2.45, 2.75) is 12.8 Å². The Bertz CT molecular complexity index is 847. The second-order valence-electron chi connectivity index (χ2n) is 5.68. The first kappa shape index (κ1) is 20.9. The Morgan fingerprint density at radius 2 is 1.96 bits per heavy atom. The van der Waals surface area contributed by atoms with E-state index in [0.29, 0.717) is 33.3 Å². The van der Waals surface area contributed by atoms with Crippen molar-refractivity contribution >= 4 is 23.0 Å². The third-order valence-corrected chi connectivity index (χ3v) is 4.05. The Morgan fingerprint density at radius 3 is 2.59 bits per heavy atom. The molecule has 0 saturated heterocycles. The van der Waals surface area contributed by atoms with E-state index in [0.717, 1.165) is 6.08 Å². The highest BCUT2D eigenvalue weighted by atomic mass is 35.5. The lowest BCUT2D eigenvalue weighted by atomic mass is 10.1. The normalized spacial score (nSPS) is 12.5. The van der Waals surface area contributed by atoms with Crippen LogP contribution in [-0.2, 0) is 6.61 Å². The number of aliphatic hydroxyl groups is 1. The Morgan fingerprint density at radius 1 is 1.22 bits per heavy atom. The van der Waals surface area contributed by atoms with Crippen LogP contribution in [0.4, 0.5) is 18.9 Å². The van der Waals surface area contributed by atoms with Crippen molar-refractivity contribution in [2.75, 3.05) is 19.1 Å². The molecule has 0 unspecified atom stereocenters. The minimum atomic E-state index is -4.42. The molecule has 0 bridgehead atoms. The number of halogens is 4. The van der Waals surface area contributed by atoms with Gasteiger partial charge in [-0.2, -0.15) is 13.2 Å². The number of allylic oxidation sites excluding steroid dienone is 3. The van der Waals surface area contributed by atoms with Crippen molar-refractivity contribution in [1.29, 1.82) is 0 Å². The summed E-state index contributed by atoms with van der Waals surface area (Å²) in [7, 11) is 3.19. The monoisotopic (exact) mass is 397 g/mol. The maximum Gasteiger partial charge on any atom is 0.409 e. The Kier molecular flexibility index (Phi) is 6.93. The molecular weight excluding hydrogens is 379 g/mol. The molecule has 0 atom stereocenters. The van der Waals surface area contributed by atoms with Crippen LogP contribution < -0.4 is 9.64 Å². The number of nitrogens with zero attached hydrogens (tertiary/aromatic N) is 1. The van der Waals surface area contributed by atoms with Crippen LogP contribution in [-0.4, -0.2) is 25.4 Å². The van der Waals surface area contributed by atoms with E-state index >= 15 is 0 Å². The van der Waals surface area contributed by atoms with Gasteiger partial charge >= 0.3 is 6.18 Å². The van der Waals surface area contributed by atoms with Gasteiger partial charge in [0.25, 0.3) is 0 Å². The van der Waals surface area contributed by atoms with Gasteiger partial charge < -0.3 is 14.7 Å². The number of aliphatic hydroxyl groups excluding tert-OH is 1. The van der Waals surface area contributed by atoms with E-state index in [1.54, 1.807) is 54.4 Å². The van der Waals surface area contributed by atoms with Crippen LogP contribution in [0.25, 0.3) is 5.70 Å². The summed E-state index contributed by atoms with van der Waals surface area (Å²) in [5, 5.41) is 9.77. The van der Waals surface area contributed by atoms with Gasteiger partial charge in [-0.1, -0.05) is 29.8 Å². The topological polar surface area (TPSA) is 32.7 Å². The minimum Gasteiger partial charge on any atom is -0.496 e. The van der Waals surface area contributed by atoms with Crippen LogP contribution in [0.1, 0.15) is 11.1 Å². The maximum absolute atomic E-state index is 12.5. The number of ether oxygens (including phenoxy) is 1. The molecule has 1 N–H and O–H groups in total. The molecule has 27 heavy (non-hydrogen) atoms. The minimum absolute atomic E-state index is 0.144. The van der Waals surface area contributed by atoms with Gasteiger partial charge in [0, 0.05) is 29.4 Å². The second-order valence-corrected chi connectivity index (χ2v) is 6.12. The lowest BCUT2D eigenvalue weighted by molar-refractivity contribution is -0.0798. The molecular formula is C20H19ClF3NO2. The summed E-state index contributed by atoms with van der Waals surface area (Å²) in [6, 6.07) is 12.0. The zero-order valence-electron chi connectivity index (χ0n) is 14.8. The van der Waals surface area contributed by atoms with E-state index in [9.17, 15) is 18.3 Å². The van der Waals surface area contributed by atoms with E-state index in [1.165, 1.54) is 13.2 Å². The van der Waals surface area contributed by atoms with E-state index < -0.39 is 6.18 Å². The maximum atomic E-state index is 12.5. The number of methoxy groups -OCH3 is 1. The molecule has 2 aromatic rings. The quantitative estimate of drug-likeness (QED) is 0.659. The van der Waals surface area contributed by atoms with Crippen molar-refractivity contribution in [3.05, 3.63) is 76.8 Å². The van der Waals surface area contributed by atoms with E-state index in [-0.39, 0.29) is 12.7 Å². The Balaban J connectivity index is 2.57. The summed E-state index contributed by atoms with van der Waals surface area (Å²) >= 11 is 6.09. The van der Waals surface area contributed by atoms with Gasteiger partial charge in [0.15, 0.2) is 0 Å². The number of benzene rings is 2. The molecule has 0 saturated carbocycles. The third-order valence-electron chi connectivity index (χ3n) is 3.82. The summed E-state index contributed by atoms with van der Waals surface area (Å²) in [5.74, 6) is 0.469. The number of hydrogen-bond acceptors (Lipinski definition) is 3. The van der Waals surface area contributed by atoms with Gasteiger partial charge in [-0.3, -0.25) is 0 Å². The first-order valence-electron chi connectivity index (χ1n) is 7.99. The van der Waals surface area contributed by atoms with Gasteiger partial charge in [0.1, 0.15) is 5.75 Å². The number of hydrogen-bond donors (Lipinski definition) is 1. The first-order chi connectivity index (χ1) is 12.7. The highest BCUT2D eigenvalue weighted by Gasteiger charge is 2.22. The molecule has 0 aliphatic heterocycles. The number of anilines is 1. The van der Waals surface area contributed by atoms with E-state index in [4.69, 9.17) is 16.3 Å². The van der Waals surface area contributed by atoms with Crippen molar-refractivity contribution < 1.29 is 23.0 Å². The first-order valence-corrected chi connectivity index (χ1v) is 8.36. The van der Waals surface area contributed by atoms with Gasteiger partial charge in [-0.25, -0.2) is 0 Å². The van der Waals surface area contributed by atoms with Crippen LogP contribution in [0.5, 0.6) is 5.75 Å². The van der Waals surface area contributed by atoms with E-state index in [1.807, 2.05) is 0 Å². The highest BCUT2D eigenvalue weighted by molar-refractivity contribution is 6.30. The highest BCUT2D eigenvalue weighted by Crippen LogP contribution is 2.33. The van der Waals surface area contributed by atoms with E-state index in [2.05, 4.69) is 0 Å². The van der Waals surface area contributed by atoms with Gasteiger partial charge in [0.05, 0.1) is 19.4 Å². The molecule has 0 aliphatic carbocycles. The molecule has 2 rings (SSSR count). The Labute approximate surface area is 160 Å². The molecule has 0 spiro atoms. The smallest absolute Gasteiger partial charge is 0.409 e. The van der Waals surface area contributed by atoms with Crippen LogP contribution in [0.15, 0.2) is 60.7 Å². The standard InChI is InChI=1S/C20H19ClF3NO2/c1-25(16-6-3-5-14(11-16)13-26)18(7-4-10-20(22,23)24)17-12-15(21)8-9-19(17)27-2/h3-12,26H,13H2,1-2H3/b10-4+,18-7-. The van der Waals surface area contributed by atoms with Crippen molar-refractivity contribution in [2.24, 2.45) is 0 Å². The number of alkyl halides is 3. The molecule has 0 aliphatic rings. The van der Waals surface area contributed by atoms with Crippen LogP contribution in [0.2, 0.25) is 5.02 Å². The largest absolute Gasteiger partial charge is 0.496 e. The molecule has 0 heterocycles. The fourth-order valence-corrected chi connectivity index (χ4v) is 2.69. The van der Waals surface area contributed by atoms with Crippen LogP contribution >= 0.6 is 11.6 Å².